The number of benzene rings is 1. The lowest BCUT2D eigenvalue weighted by molar-refractivity contribution is 0.0740. The SMILES string of the molecule is O=C(c1cc2ccccc2s1)N1CCCC1c1ccncc1. The molecular formula is C18H16N2OS. The normalized spacial score (nSPS) is 18.0. The van der Waals surface area contributed by atoms with Crippen LogP contribution in [0.2, 0.25) is 0 Å². The first kappa shape index (κ1) is 13.5. The second-order valence-electron chi connectivity index (χ2n) is 5.59. The summed E-state index contributed by atoms with van der Waals surface area (Å²) in [5.41, 5.74) is 1.18. The smallest absolute Gasteiger partial charge is 0.264 e. The minimum atomic E-state index is 0.153. The summed E-state index contributed by atoms with van der Waals surface area (Å²) in [7, 11) is 0. The van der Waals surface area contributed by atoms with Gasteiger partial charge in [-0.25, -0.2) is 0 Å². The van der Waals surface area contributed by atoms with Crippen LogP contribution in [0.3, 0.4) is 0 Å². The summed E-state index contributed by atoms with van der Waals surface area (Å²) < 4.78 is 1.17. The summed E-state index contributed by atoms with van der Waals surface area (Å²) in [5.74, 6) is 0.153. The van der Waals surface area contributed by atoms with Gasteiger partial charge in [0.05, 0.1) is 10.9 Å². The van der Waals surface area contributed by atoms with Gasteiger partial charge in [-0.05, 0) is 48.1 Å². The minimum absolute atomic E-state index is 0.153. The van der Waals surface area contributed by atoms with Crippen LogP contribution in [0.15, 0.2) is 54.9 Å². The number of pyridine rings is 1. The predicted octanol–water partition coefficient (Wildman–Crippen LogP) is 4.27. The van der Waals surface area contributed by atoms with E-state index in [9.17, 15) is 4.79 Å². The summed E-state index contributed by atoms with van der Waals surface area (Å²) in [6, 6.07) is 14.4. The molecule has 1 unspecified atom stereocenters. The molecule has 1 aromatic carbocycles. The van der Waals surface area contributed by atoms with Gasteiger partial charge in [-0.15, -0.1) is 11.3 Å². The topological polar surface area (TPSA) is 33.2 Å². The standard InChI is InChI=1S/C18H16N2OS/c21-18(17-12-14-4-1-2-6-16(14)22-17)20-11-3-5-15(20)13-7-9-19-10-8-13/h1-2,4,6-10,12,15H,3,5,11H2. The molecule has 0 N–H and O–H groups in total. The van der Waals surface area contributed by atoms with Crippen LogP contribution in [0.5, 0.6) is 0 Å². The van der Waals surface area contributed by atoms with Crippen LogP contribution in [0.1, 0.15) is 34.1 Å². The summed E-state index contributed by atoms with van der Waals surface area (Å²) in [5, 5.41) is 1.15. The van der Waals surface area contributed by atoms with Gasteiger partial charge < -0.3 is 4.90 Å². The highest BCUT2D eigenvalue weighted by Gasteiger charge is 2.31. The Labute approximate surface area is 133 Å². The van der Waals surface area contributed by atoms with E-state index in [4.69, 9.17) is 0 Å². The Bertz CT molecular complexity index is 779. The number of amides is 1. The third-order valence-corrected chi connectivity index (χ3v) is 5.34. The van der Waals surface area contributed by atoms with Crippen LogP contribution in [0.4, 0.5) is 0 Å². The van der Waals surface area contributed by atoms with Gasteiger partial charge in [-0.1, -0.05) is 18.2 Å². The third kappa shape index (κ3) is 2.29. The maximum Gasteiger partial charge on any atom is 0.264 e. The molecule has 1 aliphatic heterocycles. The van der Waals surface area contributed by atoms with Gasteiger partial charge in [0.25, 0.3) is 5.91 Å². The van der Waals surface area contributed by atoms with E-state index >= 15 is 0 Å². The summed E-state index contributed by atoms with van der Waals surface area (Å²) >= 11 is 1.59. The largest absolute Gasteiger partial charge is 0.331 e. The lowest BCUT2D eigenvalue weighted by Gasteiger charge is -2.24. The Kier molecular flexibility index (Phi) is 3.39. The molecule has 1 aliphatic rings. The van der Waals surface area contributed by atoms with Crippen molar-refractivity contribution in [3.63, 3.8) is 0 Å². The molecule has 1 fully saturated rings. The Hall–Kier alpha value is -2.20. The number of hydrogen-bond donors (Lipinski definition) is 0. The van der Waals surface area contributed by atoms with Gasteiger partial charge in [0.1, 0.15) is 0 Å². The second kappa shape index (κ2) is 5.54. The van der Waals surface area contributed by atoms with Crippen LogP contribution in [0.25, 0.3) is 10.1 Å². The lowest BCUT2D eigenvalue weighted by Crippen LogP contribution is -2.29. The van der Waals surface area contributed by atoms with Gasteiger partial charge in [0.15, 0.2) is 0 Å². The molecule has 0 aliphatic carbocycles. The predicted molar refractivity (Wildman–Crippen MR) is 89.1 cm³/mol. The molecule has 1 amide bonds. The molecule has 1 atom stereocenters. The quantitative estimate of drug-likeness (QED) is 0.708. The zero-order valence-corrected chi connectivity index (χ0v) is 12.9. The van der Waals surface area contributed by atoms with Crippen molar-refractivity contribution in [1.82, 2.24) is 9.88 Å². The molecular weight excluding hydrogens is 292 g/mol. The number of carbonyl (C=O) groups excluding carboxylic acids is 1. The fraction of sp³-hybridized carbons (Fsp3) is 0.222. The number of thiophene rings is 1. The fourth-order valence-corrected chi connectivity index (χ4v) is 4.19. The monoisotopic (exact) mass is 308 g/mol. The Morgan fingerprint density at radius 1 is 1.18 bits per heavy atom. The van der Waals surface area contributed by atoms with Gasteiger partial charge in [-0.2, -0.15) is 0 Å². The number of hydrogen-bond acceptors (Lipinski definition) is 3. The van der Waals surface area contributed by atoms with Gasteiger partial charge in [0.2, 0.25) is 0 Å². The van der Waals surface area contributed by atoms with Crippen molar-refractivity contribution >= 4 is 27.3 Å². The molecule has 1 saturated heterocycles. The Morgan fingerprint density at radius 2 is 2.00 bits per heavy atom. The molecule has 4 rings (SSSR count). The van der Waals surface area contributed by atoms with E-state index in [-0.39, 0.29) is 11.9 Å². The first-order valence-electron chi connectivity index (χ1n) is 7.52. The van der Waals surface area contributed by atoms with Gasteiger partial charge in [-0.3, -0.25) is 9.78 Å². The molecule has 3 heterocycles. The molecule has 0 spiro atoms. The number of aromatic nitrogens is 1. The molecule has 110 valence electrons. The van der Waals surface area contributed by atoms with Crippen molar-refractivity contribution in [2.75, 3.05) is 6.54 Å². The van der Waals surface area contributed by atoms with Crippen molar-refractivity contribution in [1.29, 1.82) is 0 Å². The zero-order chi connectivity index (χ0) is 14.9. The van der Waals surface area contributed by atoms with E-state index in [0.29, 0.717) is 0 Å². The average Bonchev–Trinajstić information content (AvgIpc) is 3.21. The Balaban J connectivity index is 1.66. The van der Waals surface area contributed by atoms with Crippen LogP contribution >= 0.6 is 11.3 Å². The molecule has 3 aromatic rings. The fourth-order valence-electron chi connectivity index (χ4n) is 3.17. The number of fused-ring (bicyclic) bond motifs is 1. The van der Waals surface area contributed by atoms with Crippen LogP contribution < -0.4 is 0 Å². The highest BCUT2D eigenvalue weighted by Crippen LogP contribution is 2.35. The molecule has 2 aromatic heterocycles. The van der Waals surface area contributed by atoms with Crippen molar-refractivity contribution in [3.05, 3.63) is 65.3 Å². The molecule has 0 saturated carbocycles. The van der Waals surface area contributed by atoms with Gasteiger partial charge >= 0.3 is 0 Å². The molecule has 0 radical (unpaired) electrons. The number of carbonyl (C=O) groups is 1. The molecule has 3 nitrogen and oxygen atoms in total. The van der Waals surface area contributed by atoms with Crippen molar-refractivity contribution in [2.24, 2.45) is 0 Å². The van der Waals surface area contributed by atoms with E-state index < -0.39 is 0 Å². The highest BCUT2D eigenvalue weighted by atomic mass is 32.1. The second-order valence-corrected chi connectivity index (χ2v) is 6.67. The van der Waals surface area contributed by atoms with Crippen LogP contribution in [0, 0.1) is 0 Å². The van der Waals surface area contributed by atoms with E-state index in [0.717, 1.165) is 29.6 Å². The highest BCUT2D eigenvalue weighted by molar-refractivity contribution is 7.20. The maximum absolute atomic E-state index is 12.9. The van der Waals surface area contributed by atoms with Crippen LogP contribution in [-0.4, -0.2) is 22.3 Å². The number of likely N-dealkylation sites (tertiary alicyclic amines) is 1. The summed E-state index contributed by atoms with van der Waals surface area (Å²) in [6.45, 7) is 0.833. The van der Waals surface area contributed by atoms with E-state index in [1.165, 1.54) is 10.3 Å². The number of nitrogens with zero attached hydrogens (tertiary/aromatic N) is 2. The molecule has 4 heteroatoms. The van der Waals surface area contributed by atoms with E-state index in [2.05, 4.69) is 17.1 Å². The minimum Gasteiger partial charge on any atom is -0.331 e. The van der Waals surface area contributed by atoms with Crippen molar-refractivity contribution in [3.8, 4) is 0 Å². The molecule has 0 bridgehead atoms. The number of rotatable bonds is 2. The first-order valence-corrected chi connectivity index (χ1v) is 8.34. The lowest BCUT2D eigenvalue weighted by atomic mass is 10.1. The Morgan fingerprint density at radius 3 is 2.82 bits per heavy atom. The first-order chi connectivity index (χ1) is 10.8. The average molecular weight is 308 g/mol. The summed E-state index contributed by atoms with van der Waals surface area (Å²) in [4.78, 5) is 19.8. The van der Waals surface area contributed by atoms with Crippen LogP contribution in [-0.2, 0) is 0 Å². The summed E-state index contributed by atoms with van der Waals surface area (Å²) in [6.07, 6.45) is 5.69. The zero-order valence-electron chi connectivity index (χ0n) is 12.1. The van der Waals surface area contributed by atoms with Gasteiger partial charge in [0, 0.05) is 23.6 Å². The van der Waals surface area contributed by atoms with Crippen molar-refractivity contribution < 1.29 is 4.79 Å². The van der Waals surface area contributed by atoms with E-state index in [1.807, 2.05) is 35.2 Å². The van der Waals surface area contributed by atoms with Crippen molar-refractivity contribution in [2.45, 2.75) is 18.9 Å². The van der Waals surface area contributed by atoms with E-state index in [1.54, 1.807) is 23.7 Å². The third-order valence-electron chi connectivity index (χ3n) is 4.24. The maximum atomic E-state index is 12.9. The molecule has 22 heavy (non-hydrogen) atoms.